The summed E-state index contributed by atoms with van der Waals surface area (Å²) in [4.78, 5) is 1.45. The molecule has 0 aromatic carbocycles. The lowest BCUT2D eigenvalue weighted by molar-refractivity contribution is -0.00605. The molecule has 1 aromatic rings. The lowest BCUT2D eigenvalue weighted by atomic mass is 10.2. The van der Waals surface area contributed by atoms with E-state index in [4.69, 9.17) is 4.74 Å². The van der Waals surface area contributed by atoms with Crippen molar-refractivity contribution < 1.29 is 4.74 Å². The van der Waals surface area contributed by atoms with E-state index in [9.17, 15) is 0 Å². The van der Waals surface area contributed by atoms with Crippen LogP contribution in [0, 0.1) is 0 Å². The third-order valence-corrected chi connectivity index (χ3v) is 1.74. The van der Waals surface area contributed by atoms with Crippen molar-refractivity contribution in [1.82, 2.24) is 25.5 Å². The number of nitrogens with one attached hydrogen (secondary N) is 1. The van der Waals surface area contributed by atoms with Crippen LogP contribution in [0.3, 0.4) is 0 Å². The molecule has 66 valence electrons. The maximum atomic E-state index is 5.00. The van der Waals surface area contributed by atoms with Gasteiger partial charge in [-0.05, 0) is 5.21 Å². The maximum Gasteiger partial charge on any atom is 0.188 e. The van der Waals surface area contributed by atoms with E-state index in [-0.39, 0.29) is 0 Å². The van der Waals surface area contributed by atoms with Gasteiger partial charge in [-0.1, -0.05) is 0 Å². The van der Waals surface area contributed by atoms with Crippen LogP contribution in [0.5, 0.6) is 0 Å². The monoisotopic (exact) mass is 169 g/mol. The van der Waals surface area contributed by atoms with Crippen molar-refractivity contribution in [1.29, 1.82) is 0 Å². The van der Waals surface area contributed by atoms with Gasteiger partial charge in [-0.2, -0.15) is 4.80 Å². The van der Waals surface area contributed by atoms with E-state index < -0.39 is 0 Å². The summed E-state index contributed by atoms with van der Waals surface area (Å²) in [6, 6.07) is 0.466. The van der Waals surface area contributed by atoms with Gasteiger partial charge >= 0.3 is 0 Å². The van der Waals surface area contributed by atoms with Crippen LogP contribution >= 0.6 is 0 Å². The third kappa shape index (κ3) is 1.59. The van der Waals surface area contributed by atoms with Crippen molar-refractivity contribution in [2.24, 2.45) is 7.05 Å². The number of hydrogen-bond acceptors (Lipinski definition) is 5. The molecule has 0 bridgehead atoms. The van der Waals surface area contributed by atoms with Gasteiger partial charge in [-0.3, -0.25) is 0 Å². The summed E-state index contributed by atoms with van der Waals surface area (Å²) in [7, 11) is 1.75. The molecule has 1 fully saturated rings. The SMILES string of the molecule is Cn1nnc(CNC2COC2)n1. The second-order valence-corrected chi connectivity index (χ2v) is 2.81. The summed E-state index contributed by atoms with van der Waals surface area (Å²) < 4.78 is 5.00. The first kappa shape index (κ1) is 7.63. The van der Waals surface area contributed by atoms with Crippen LogP contribution in [-0.4, -0.2) is 39.5 Å². The Hall–Kier alpha value is -1.01. The second kappa shape index (κ2) is 3.16. The van der Waals surface area contributed by atoms with Gasteiger partial charge in [0.05, 0.1) is 32.8 Å². The van der Waals surface area contributed by atoms with E-state index >= 15 is 0 Å². The fourth-order valence-electron chi connectivity index (χ4n) is 0.983. The fraction of sp³-hybridized carbons (Fsp3) is 0.833. The van der Waals surface area contributed by atoms with Crippen LogP contribution in [0.15, 0.2) is 0 Å². The summed E-state index contributed by atoms with van der Waals surface area (Å²) in [5, 5.41) is 14.8. The van der Waals surface area contributed by atoms with Gasteiger partial charge in [0.1, 0.15) is 0 Å². The minimum Gasteiger partial charge on any atom is -0.378 e. The van der Waals surface area contributed by atoms with Crippen LogP contribution in [-0.2, 0) is 18.3 Å². The lowest BCUT2D eigenvalue weighted by Gasteiger charge is -2.26. The Morgan fingerprint density at radius 1 is 1.67 bits per heavy atom. The van der Waals surface area contributed by atoms with Crippen molar-refractivity contribution in [3.8, 4) is 0 Å². The summed E-state index contributed by atoms with van der Waals surface area (Å²) >= 11 is 0. The number of aryl methyl sites for hydroxylation is 1. The van der Waals surface area contributed by atoms with Crippen molar-refractivity contribution in [3.05, 3.63) is 5.82 Å². The molecule has 0 aliphatic carbocycles. The van der Waals surface area contributed by atoms with E-state index in [1.54, 1.807) is 7.05 Å². The minimum atomic E-state index is 0.466. The van der Waals surface area contributed by atoms with E-state index in [1.807, 2.05) is 0 Å². The van der Waals surface area contributed by atoms with Crippen molar-refractivity contribution in [2.45, 2.75) is 12.6 Å². The Morgan fingerprint density at radius 3 is 3.00 bits per heavy atom. The zero-order chi connectivity index (χ0) is 8.39. The molecule has 6 heteroatoms. The van der Waals surface area contributed by atoms with Gasteiger partial charge in [0.15, 0.2) is 5.82 Å². The highest BCUT2D eigenvalue weighted by Crippen LogP contribution is 1.99. The normalized spacial score (nSPS) is 17.8. The number of rotatable bonds is 3. The molecular formula is C6H11N5O. The second-order valence-electron chi connectivity index (χ2n) is 2.81. The predicted octanol–water partition coefficient (Wildman–Crippen LogP) is -1.30. The van der Waals surface area contributed by atoms with Crippen LogP contribution in [0.2, 0.25) is 0 Å². The van der Waals surface area contributed by atoms with Gasteiger partial charge in [0.25, 0.3) is 0 Å². The highest BCUT2D eigenvalue weighted by atomic mass is 16.5. The van der Waals surface area contributed by atoms with Crippen LogP contribution in [0.4, 0.5) is 0 Å². The van der Waals surface area contributed by atoms with Gasteiger partial charge < -0.3 is 10.1 Å². The number of nitrogens with zero attached hydrogens (tertiary/aromatic N) is 4. The van der Waals surface area contributed by atoms with Crippen LogP contribution in [0.25, 0.3) is 0 Å². The molecule has 1 aromatic heterocycles. The van der Waals surface area contributed by atoms with Gasteiger partial charge in [0, 0.05) is 0 Å². The first-order valence-corrected chi connectivity index (χ1v) is 3.88. The first-order valence-electron chi connectivity index (χ1n) is 3.88. The van der Waals surface area contributed by atoms with E-state index in [0.717, 1.165) is 19.0 Å². The highest BCUT2D eigenvalue weighted by molar-refractivity contribution is 4.80. The summed E-state index contributed by atoms with van der Waals surface area (Å²) in [5.41, 5.74) is 0. The highest BCUT2D eigenvalue weighted by Gasteiger charge is 2.17. The Bertz CT molecular complexity index is 256. The van der Waals surface area contributed by atoms with E-state index in [0.29, 0.717) is 12.6 Å². The molecule has 0 saturated carbocycles. The molecule has 0 radical (unpaired) electrons. The summed E-state index contributed by atoms with van der Waals surface area (Å²) in [6.45, 7) is 2.25. The third-order valence-electron chi connectivity index (χ3n) is 1.74. The Morgan fingerprint density at radius 2 is 2.50 bits per heavy atom. The minimum absolute atomic E-state index is 0.466. The first-order chi connectivity index (χ1) is 5.84. The van der Waals surface area contributed by atoms with Crippen molar-refractivity contribution >= 4 is 0 Å². The molecule has 0 spiro atoms. The van der Waals surface area contributed by atoms with Crippen molar-refractivity contribution in [2.75, 3.05) is 13.2 Å². The average Bonchev–Trinajstić information content (AvgIpc) is 2.32. The molecule has 1 N–H and O–H groups in total. The summed E-state index contributed by atoms with van der Waals surface area (Å²) in [6.07, 6.45) is 0. The van der Waals surface area contributed by atoms with Gasteiger partial charge in [-0.15, -0.1) is 10.2 Å². The Balaban J connectivity index is 1.79. The average molecular weight is 169 g/mol. The quantitative estimate of drug-likeness (QED) is 0.609. The molecule has 6 nitrogen and oxygen atoms in total. The molecular weight excluding hydrogens is 158 g/mol. The Kier molecular flexibility index (Phi) is 2.01. The molecule has 1 aliphatic heterocycles. The van der Waals surface area contributed by atoms with Crippen LogP contribution < -0.4 is 5.32 Å². The smallest absolute Gasteiger partial charge is 0.188 e. The van der Waals surface area contributed by atoms with Crippen LogP contribution in [0.1, 0.15) is 5.82 Å². The fourth-order valence-corrected chi connectivity index (χ4v) is 0.983. The zero-order valence-electron chi connectivity index (χ0n) is 6.90. The summed E-state index contributed by atoms with van der Waals surface area (Å²) in [5.74, 6) is 0.726. The zero-order valence-corrected chi connectivity index (χ0v) is 6.90. The van der Waals surface area contributed by atoms with E-state index in [1.165, 1.54) is 4.80 Å². The van der Waals surface area contributed by atoms with Crippen molar-refractivity contribution in [3.63, 3.8) is 0 Å². The lowest BCUT2D eigenvalue weighted by Crippen LogP contribution is -2.45. The maximum absolute atomic E-state index is 5.00. The number of tetrazole rings is 1. The molecule has 1 saturated heterocycles. The molecule has 0 amide bonds. The largest absolute Gasteiger partial charge is 0.378 e. The molecule has 0 unspecified atom stereocenters. The molecule has 12 heavy (non-hydrogen) atoms. The number of aromatic nitrogens is 4. The van der Waals surface area contributed by atoms with E-state index in [2.05, 4.69) is 20.7 Å². The molecule has 2 heterocycles. The van der Waals surface area contributed by atoms with Gasteiger partial charge in [-0.25, -0.2) is 0 Å². The molecule has 1 aliphatic rings. The standard InChI is InChI=1S/C6H11N5O/c1-11-9-6(8-10-11)2-7-5-3-12-4-5/h5,7H,2-4H2,1H3. The predicted molar refractivity (Wildman–Crippen MR) is 40.2 cm³/mol. The van der Waals surface area contributed by atoms with Gasteiger partial charge in [0.2, 0.25) is 0 Å². The molecule has 2 rings (SSSR count). The topological polar surface area (TPSA) is 64.9 Å². The number of hydrogen-bond donors (Lipinski definition) is 1. The molecule has 0 atom stereocenters. The number of ether oxygens (including phenoxy) is 1. The Labute approximate surface area is 69.9 Å².